The SMILES string of the molecule is CCNC1(CO)CC(C)(C)C1. The number of aliphatic hydroxyl groups excluding tert-OH is 1. The molecule has 0 unspecified atom stereocenters. The van der Waals surface area contributed by atoms with Crippen LogP contribution in [-0.2, 0) is 0 Å². The van der Waals surface area contributed by atoms with E-state index in [0.717, 1.165) is 19.4 Å². The van der Waals surface area contributed by atoms with E-state index in [4.69, 9.17) is 5.11 Å². The van der Waals surface area contributed by atoms with Gasteiger partial charge in [-0.25, -0.2) is 0 Å². The number of hydrogen-bond donors (Lipinski definition) is 2. The maximum Gasteiger partial charge on any atom is 0.0613 e. The van der Waals surface area contributed by atoms with Gasteiger partial charge in [-0.15, -0.1) is 0 Å². The first-order valence-electron chi connectivity index (χ1n) is 4.39. The predicted octanol–water partition coefficient (Wildman–Crippen LogP) is 1.15. The summed E-state index contributed by atoms with van der Waals surface area (Å²) in [6.45, 7) is 7.82. The van der Waals surface area contributed by atoms with E-state index >= 15 is 0 Å². The van der Waals surface area contributed by atoms with Gasteiger partial charge >= 0.3 is 0 Å². The Morgan fingerprint density at radius 1 is 1.36 bits per heavy atom. The minimum absolute atomic E-state index is 0.0538. The molecular formula is C9H19NO. The standard InChI is InChI=1S/C9H19NO/c1-4-10-9(7-11)5-8(2,3)6-9/h10-11H,4-7H2,1-3H3. The number of likely N-dealkylation sites (N-methyl/N-ethyl adjacent to an activating group) is 1. The van der Waals surface area contributed by atoms with Gasteiger partial charge in [-0.3, -0.25) is 0 Å². The van der Waals surface area contributed by atoms with Crippen LogP contribution < -0.4 is 5.32 Å². The Morgan fingerprint density at radius 3 is 2.18 bits per heavy atom. The van der Waals surface area contributed by atoms with Crippen molar-refractivity contribution in [3.05, 3.63) is 0 Å². The molecular weight excluding hydrogens is 138 g/mol. The van der Waals surface area contributed by atoms with Crippen molar-refractivity contribution in [3.8, 4) is 0 Å². The lowest BCUT2D eigenvalue weighted by Crippen LogP contribution is -2.61. The molecule has 0 aliphatic heterocycles. The maximum absolute atomic E-state index is 9.14. The van der Waals surface area contributed by atoms with Crippen LogP contribution in [-0.4, -0.2) is 23.8 Å². The van der Waals surface area contributed by atoms with Crippen molar-refractivity contribution in [1.82, 2.24) is 5.32 Å². The van der Waals surface area contributed by atoms with Crippen molar-refractivity contribution in [3.63, 3.8) is 0 Å². The van der Waals surface area contributed by atoms with Gasteiger partial charge in [-0.05, 0) is 24.8 Å². The van der Waals surface area contributed by atoms with Crippen LogP contribution in [0.1, 0.15) is 33.6 Å². The van der Waals surface area contributed by atoms with Gasteiger partial charge in [0.15, 0.2) is 0 Å². The Kier molecular flexibility index (Phi) is 2.26. The molecule has 0 bridgehead atoms. The minimum atomic E-state index is 0.0538. The highest BCUT2D eigenvalue weighted by Gasteiger charge is 2.47. The van der Waals surface area contributed by atoms with Gasteiger partial charge in [0, 0.05) is 5.54 Å². The second-order valence-electron chi connectivity index (χ2n) is 4.49. The molecule has 1 rings (SSSR count). The lowest BCUT2D eigenvalue weighted by Gasteiger charge is -2.53. The molecule has 0 spiro atoms. The molecule has 0 aromatic carbocycles. The van der Waals surface area contributed by atoms with Gasteiger partial charge in [-0.1, -0.05) is 20.8 Å². The summed E-state index contributed by atoms with van der Waals surface area (Å²) in [4.78, 5) is 0. The molecule has 1 aliphatic carbocycles. The summed E-state index contributed by atoms with van der Waals surface area (Å²) >= 11 is 0. The largest absolute Gasteiger partial charge is 0.394 e. The van der Waals surface area contributed by atoms with E-state index in [2.05, 4.69) is 26.1 Å². The second kappa shape index (κ2) is 2.76. The first kappa shape index (κ1) is 9.01. The van der Waals surface area contributed by atoms with Crippen LogP contribution in [0.15, 0.2) is 0 Å². The molecule has 0 aromatic rings. The molecule has 1 aliphatic rings. The fourth-order valence-corrected chi connectivity index (χ4v) is 2.45. The molecule has 0 saturated heterocycles. The van der Waals surface area contributed by atoms with Crippen LogP contribution in [0.5, 0.6) is 0 Å². The number of aliphatic hydroxyl groups is 1. The van der Waals surface area contributed by atoms with E-state index in [1.54, 1.807) is 0 Å². The highest BCUT2D eigenvalue weighted by atomic mass is 16.3. The minimum Gasteiger partial charge on any atom is -0.394 e. The number of rotatable bonds is 3. The monoisotopic (exact) mass is 157 g/mol. The molecule has 0 radical (unpaired) electrons. The van der Waals surface area contributed by atoms with Gasteiger partial charge in [0.2, 0.25) is 0 Å². The van der Waals surface area contributed by atoms with Gasteiger partial charge in [0.1, 0.15) is 0 Å². The molecule has 1 fully saturated rings. The third-order valence-electron chi connectivity index (χ3n) is 2.49. The molecule has 11 heavy (non-hydrogen) atoms. The Bertz CT molecular complexity index is 134. The lowest BCUT2D eigenvalue weighted by molar-refractivity contribution is -0.00996. The molecule has 0 amide bonds. The summed E-state index contributed by atoms with van der Waals surface area (Å²) in [6.07, 6.45) is 2.20. The summed E-state index contributed by atoms with van der Waals surface area (Å²) in [6, 6.07) is 0. The van der Waals surface area contributed by atoms with Crippen LogP contribution in [0.25, 0.3) is 0 Å². The summed E-state index contributed by atoms with van der Waals surface area (Å²) in [5.41, 5.74) is 0.489. The fourth-order valence-electron chi connectivity index (χ4n) is 2.45. The van der Waals surface area contributed by atoms with Crippen LogP contribution in [0.3, 0.4) is 0 Å². The normalized spacial score (nSPS) is 26.2. The van der Waals surface area contributed by atoms with Gasteiger partial charge < -0.3 is 10.4 Å². The summed E-state index contributed by atoms with van der Waals surface area (Å²) in [5.74, 6) is 0. The molecule has 0 heterocycles. The smallest absolute Gasteiger partial charge is 0.0613 e. The van der Waals surface area contributed by atoms with Crippen molar-refractivity contribution in [2.45, 2.75) is 39.2 Å². The Morgan fingerprint density at radius 2 is 1.91 bits per heavy atom. The predicted molar refractivity (Wildman–Crippen MR) is 46.5 cm³/mol. The molecule has 2 nitrogen and oxygen atoms in total. The van der Waals surface area contributed by atoms with Crippen LogP contribution in [0.2, 0.25) is 0 Å². The van der Waals surface area contributed by atoms with Crippen LogP contribution in [0.4, 0.5) is 0 Å². The van der Waals surface area contributed by atoms with Crippen molar-refractivity contribution < 1.29 is 5.11 Å². The zero-order valence-electron chi connectivity index (χ0n) is 7.78. The average molecular weight is 157 g/mol. The first-order chi connectivity index (χ1) is 5.04. The molecule has 66 valence electrons. The van der Waals surface area contributed by atoms with Crippen molar-refractivity contribution >= 4 is 0 Å². The summed E-state index contributed by atoms with van der Waals surface area (Å²) in [7, 11) is 0. The topological polar surface area (TPSA) is 32.3 Å². The zero-order valence-corrected chi connectivity index (χ0v) is 7.78. The third kappa shape index (κ3) is 1.74. The van der Waals surface area contributed by atoms with E-state index in [1.165, 1.54) is 0 Å². The molecule has 2 N–H and O–H groups in total. The lowest BCUT2D eigenvalue weighted by atomic mass is 9.59. The van der Waals surface area contributed by atoms with Crippen molar-refractivity contribution in [1.29, 1.82) is 0 Å². The highest BCUT2D eigenvalue weighted by Crippen LogP contribution is 2.47. The summed E-state index contributed by atoms with van der Waals surface area (Å²) in [5, 5.41) is 12.5. The molecule has 0 atom stereocenters. The average Bonchev–Trinajstić information content (AvgIpc) is 1.84. The van der Waals surface area contributed by atoms with E-state index < -0.39 is 0 Å². The zero-order chi connectivity index (χ0) is 8.54. The van der Waals surface area contributed by atoms with Crippen LogP contribution >= 0.6 is 0 Å². The molecule has 1 saturated carbocycles. The van der Waals surface area contributed by atoms with Crippen molar-refractivity contribution in [2.75, 3.05) is 13.2 Å². The Balaban J connectivity index is 2.43. The summed E-state index contributed by atoms with van der Waals surface area (Å²) < 4.78 is 0. The highest BCUT2D eigenvalue weighted by molar-refractivity contribution is 5.04. The van der Waals surface area contributed by atoms with Crippen LogP contribution in [0, 0.1) is 5.41 Å². The number of nitrogens with one attached hydrogen (secondary N) is 1. The van der Waals surface area contributed by atoms with Crippen molar-refractivity contribution in [2.24, 2.45) is 5.41 Å². The van der Waals surface area contributed by atoms with E-state index in [1.807, 2.05) is 0 Å². The fraction of sp³-hybridized carbons (Fsp3) is 1.00. The third-order valence-corrected chi connectivity index (χ3v) is 2.49. The quantitative estimate of drug-likeness (QED) is 0.644. The first-order valence-corrected chi connectivity index (χ1v) is 4.39. The second-order valence-corrected chi connectivity index (χ2v) is 4.49. The van der Waals surface area contributed by atoms with E-state index in [0.29, 0.717) is 5.41 Å². The Labute approximate surface area is 69.0 Å². The Hall–Kier alpha value is -0.0800. The van der Waals surface area contributed by atoms with E-state index in [9.17, 15) is 0 Å². The number of hydrogen-bond acceptors (Lipinski definition) is 2. The molecule has 2 heteroatoms. The van der Waals surface area contributed by atoms with E-state index in [-0.39, 0.29) is 12.1 Å². The van der Waals surface area contributed by atoms with Gasteiger partial charge in [-0.2, -0.15) is 0 Å². The molecule has 0 aromatic heterocycles. The maximum atomic E-state index is 9.14. The van der Waals surface area contributed by atoms with Gasteiger partial charge in [0.05, 0.1) is 6.61 Å². The van der Waals surface area contributed by atoms with Gasteiger partial charge in [0.25, 0.3) is 0 Å².